The van der Waals surface area contributed by atoms with Gasteiger partial charge in [0.2, 0.25) is 5.90 Å². The molecule has 31 heavy (non-hydrogen) atoms. The summed E-state index contributed by atoms with van der Waals surface area (Å²) < 4.78 is 27.3. The highest BCUT2D eigenvalue weighted by Gasteiger charge is 2.27. The molecule has 1 unspecified atom stereocenters. The Morgan fingerprint density at radius 1 is 1.29 bits per heavy atom. The molecule has 4 rings (SSSR count). The second-order valence-electron chi connectivity index (χ2n) is 7.40. The first-order chi connectivity index (χ1) is 15.2. The van der Waals surface area contributed by atoms with Crippen LogP contribution in [0.4, 0.5) is 0 Å². The standard InChI is InChI=1S/C24H28N2O5/c1-18-25-24(31-17-21-16-29-12-13-30-21)15-23-22-6-5-19(4-3-9-28-11-10-27-2)14-20(22)7-8-26(18)23/h5-6,14-15,21H,1,7-13,16-17H2,2H3. The summed E-state index contributed by atoms with van der Waals surface area (Å²) in [5.41, 5.74) is 4.45. The minimum Gasteiger partial charge on any atom is -0.475 e. The fraction of sp³-hybridized carbons (Fsp3) is 0.458. The Morgan fingerprint density at radius 3 is 3.06 bits per heavy atom. The molecule has 0 aliphatic carbocycles. The first-order valence-electron chi connectivity index (χ1n) is 10.5. The van der Waals surface area contributed by atoms with Gasteiger partial charge in [-0.3, -0.25) is 0 Å². The van der Waals surface area contributed by atoms with Gasteiger partial charge in [-0.1, -0.05) is 24.5 Å². The zero-order valence-electron chi connectivity index (χ0n) is 17.9. The van der Waals surface area contributed by atoms with Crippen molar-refractivity contribution in [1.82, 2.24) is 4.90 Å². The van der Waals surface area contributed by atoms with E-state index in [1.54, 1.807) is 7.11 Å². The van der Waals surface area contributed by atoms with Crippen molar-refractivity contribution in [1.29, 1.82) is 0 Å². The van der Waals surface area contributed by atoms with Crippen molar-refractivity contribution in [2.45, 2.75) is 12.5 Å². The van der Waals surface area contributed by atoms with Crippen molar-refractivity contribution in [2.75, 3.05) is 59.9 Å². The Kier molecular flexibility index (Phi) is 7.39. The Labute approximate surface area is 183 Å². The number of benzene rings is 1. The number of nitrogens with zero attached hydrogens (tertiary/aromatic N) is 2. The Hall–Kier alpha value is -2.63. The molecule has 1 aromatic carbocycles. The van der Waals surface area contributed by atoms with Gasteiger partial charge < -0.3 is 28.6 Å². The second-order valence-corrected chi connectivity index (χ2v) is 7.40. The average molecular weight is 424 g/mol. The van der Waals surface area contributed by atoms with E-state index in [4.69, 9.17) is 23.7 Å². The van der Waals surface area contributed by atoms with E-state index >= 15 is 0 Å². The van der Waals surface area contributed by atoms with E-state index in [2.05, 4.69) is 40.4 Å². The molecular weight excluding hydrogens is 396 g/mol. The first kappa shape index (κ1) is 21.6. The van der Waals surface area contributed by atoms with E-state index in [-0.39, 0.29) is 6.10 Å². The molecule has 0 amide bonds. The first-order valence-corrected chi connectivity index (χ1v) is 10.5. The van der Waals surface area contributed by atoms with Gasteiger partial charge >= 0.3 is 0 Å². The van der Waals surface area contributed by atoms with Gasteiger partial charge in [0.05, 0.1) is 38.7 Å². The maximum atomic E-state index is 5.91. The Morgan fingerprint density at radius 2 is 2.23 bits per heavy atom. The fourth-order valence-corrected chi connectivity index (χ4v) is 3.68. The molecule has 0 radical (unpaired) electrons. The maximum Gasteiger partial charge on any atom is 0.217 e. The number of fused-ring (bicyclic) bond motifs is 3. The van der Waals surface area contributed by atoms with Crippen LogP contribution >= 0.6 is 0 Å². The molecule has 1 saturated heterocycles. The molecular formula is C24H28N2O5. The SMILES string of the molecule is C=C1N=C(OCC2COCCO2)C=C2c3ccc(C#CCOCCOC)cc3CCN12. The summed E-state index contributed by atoms with van der Waals surface area (Å²) in [7, 11) is 1.65. The number of methoxy groups -OCH3 is 1. The lowest BCUT2D eigenvalue weighted by Crippen LogP contribution is -2.35. The predicted octanol–water partition coefficient (Wildman–Crippen LogP) is 2.22. The molecule has 1 atom stereocenters. The summed E-state index contributed by atoms with van der Waals surface area (Å²) >= 11 is 0. The second kappa shape index (κ2) is 10.6. The molecule has 0 bridgehead atoms. The van der Waals surface area contributed by atoms with E-state index in [9.17, 15) is 0 Å². The summed E-state index contributed by atoms with van der Waals surface area (Å²) in [6.45, 7) is 8.65. The minimum absolute atomic E-state index is 0.0700. The third-order valence-corrected chi connectivity index (χ3v) is 5.23. The van der Waals surface area contributed by atoms with Crippen LogP contribution in [0.1, 0.15) is 16.7 Å². The Balaban J connectivity index is 1.44. The third-order valence-electron chi connectivity index (χ3n) is 5.23. The molecule has 7 nitrogen and oxygen atoms in total. The Bertz CT molecular complexity index is 922. The van der Waals surface area contributed by atoms with Crippen LogP contribution in [0, 0.1) is 11.8 Å². The minimum atomic E-state index is -0.0700. The van der Waals surface area contributed by atoms with Crippen LogP contribution in [0.5, 0.6) is 0 Å². The fourth-order valence-electron chi connectivity index (χ4n) is 3.68. The molecule has 3 aliphatic rings. The van der Waals surface area contributed by atoms with E-state index in [0.29, 0.717) is 58.0 Å². The van der Waals surface area contributed by atoms with E-state index in [0.717, 1.165) is 29.8 Å². The van der Waals surface area contributed by atoms with Gasteiger partial charge in [0.15, 0.2) is 0 Å². The summed E-state index contributed by atoms with van der Waals surface area (Å²) in [5.74, 6) is 7.48. The molecule has 0 aromatic heterocycles. The average Bonchev–Trinajstić information content (AvgIpc) is 2.80. The third kappa shape index (κ3) is 5.54. The van der Waals surface area contributed by atoms with Gasteiger partial charge in [0, 0.05) is 30.9 Å². The zero-order chi connectivity index (χ0) is 21.5. The van der Waals surface area contributed by atoms with Crippen LogP contribution in [0.3, 0.4) is 0 Å². The van der Waals surface area contributed by atoms with Gasteiger partial charge in [0.1, 0.15) is 25.1 Å². The molecule has 1 aromatic rings. The lowest BCUT2D eigenvalue weighted by atomic mass is 9.93. The summed E-state index contributed by atoms with van der Waals surface area (Å²) in [5, 5.41) is 0. The van der Waals surface area contributed by atoms with Crippen molar-refractivity contribution in [3.05, 3.63) is 53.4 Å². The van der Waals surface area contributed by atoms with Gasteiger partial charge in [-0.05, 0) is 24.1 Å². The number of hydrogen-bond donors (Lipinski definition) is 0. The van der Waals surface area contributed by atoms with Gasteiger partial charge in [-0.15, -0.1) is 0 Å². The zero-order valence-corrected chi connectivity index (χ0v) is 17.9. The molecule has 0 spiro atoms. The molecule has 0 saturated carbocycles. The summed E-state index contributed by atoms with van der Waals surface area (Å²) in [6.07, 6.45) is 2.81. The topological polar surface area (TPSA) is 61.8 Å². The maximum absolute atomic E-state index is 5.91. The normalized spacial score (nSPS) is 20.1. The lowest BCUT2D eigenvalue weighted by molar-refractivity contribution is -0.103. The number of ether oxygens (including phenoxy) is 5. The smallest absolute Gasteiger partial charge is 0.217 e. The number of aliphatic imine (C=N–C) groups is 1. The van der Waals surface area contributed by atoms with Crippen LogP contribution in [-0.2, 0) is 30.1 Å². The highest BCUT2D eigenvalue weighted by molar-refractivity contribution is 5.98. The van der Waals surface area contributed by atoms with Gasteiger partial charge in [-0.25, -0.2) is 0 Å². The van der Waals surface area contributed by atoms with Crippen LogP contribution in [0.15, 0.2) is 41.7 Å². The van der Waals surface area contributed by atoms with Gasteiger partial charge in [-0.2, -0.15) is 4.99 Å². The van der Waals surface area contributed by atoms with Crippen molar-refractivity contribution >= 4 is 11.6 Å². The molecule has 1 fully saturated rings. The van der Waals surface area contributed by atoms with Crippen molar-refractivity contribution in [3.63, 3.8) is 0 Å². The molecule has 3 aliphatic heterocycles. The highest BCUT2D eigenvalue weighted by atomic mass is 16.6. The highest BCUT2D eigenvalue weighted by Crippen LogP contribution is 2.34. The van der Waals surface area contributed by atoms with Gasteiger partial charge in [0.25, 0.3) is 0 Å². The number of rotatable bonds is 6. The van der Waals surface area contributed by atoms with Crippen molar-refractivity contribution < 1.29 is 23.7 Å². The molecule has 3 heterocycles. The number of hydrogen-bond acceptors (Lipinski definition) is 7. The van der Waals surface area contributed by atoms with Crippen LogP contribution in [0.2, 0.25) is 0 Å². The van der Waals surface area contributed by atoms with Crippen LogP contribution in [-0.4, -0.2) is 76.8 Å². The lowest BCUT2D eigenvalue weighted by Gasteiger charge is -2.35. The van der Waals surface area contributed by atoms with Crippen molar-refractivity contribution in [3.8, 4) is 11.8 Å². The quantitative estimate of drug-likeness (QED) is 0.516. The van der Waals surface area contributed by atoms with Crippen LogP contribution in [0.25, 0.3) is 5.70 Å². The van der Waals surface area contributed by atoms with E-state index in [1.165, 1.54) is 5.56 Å². The summed E-state index contributed by atoms with van der Waals surface area (Å²) in [4.78, 5) is 6.65. The largest absolute Gasteiger partial charge is 0.475 e. The van der Waals surface area contributed by atoms with Crippen LogP contribution < -0.4 is 0 Å². The monoisotopic (exact) mass is 424 g/mol. The van der Waals surface area contributed by atoms with E-state index in [1.807, 2.05) is 12.1 Å². The van der Waals surface area contributed by atoms with E-state index < -0.39 is 0 Å². The molecule has 7 heteroatoms. The van der Waals surface area contributed by atoms with Crippen molar-refractivity contribution in [2.24, 2.45) is 4.99 Å². The molecule has 164 valence electrons. The molecule has 0 N–H and O–H groups in total. The summed E-state index contributed by atoms with van der Waals surface area (Å²) in [6, 6.07) is 6.29. The predicted molar refractivity (Wildman–Crippen MR) is 117 cm³/mol.